The van der Waals surface area contributed by atoms with E-state index in [9.17, 15) is 9.59 Å². The molecule has 204 valence electrons. The Morgan fingerprint density at radius 2 is 2.00 bits per heavy atom. The lowest BCUT2D eigenvalue weighted by molar-refractivity contribution is -0.156. The minimum atomic E-state index is -0.687. The molecular formula is C27H34ClN5O5. The smallest absolute Gasteiger partial charge is 0.244 e. The SMILES string of the molecule is COc1c(Cl)cc2c([nH]c3cnccc32)c1NC(=O)[C@H]1COC(C)(C)CN1CC(=O)N1C[C@@H](C)O[C@@H](C)C1. The Morgan fingerprint density at radius 3 is 2.71 bits per heavy atom. The lowest BCUT2D eigenvalue weighted by Gasteiger charge is -2.43. The number of ether oxygens (including phenoxy) is 3. The van der Waals surface area contributed by atoms with Gasteiger partial charge in [-0.2, -0.15) is 0 Å². The number of benzene rings is 1. The number of halogens is 1. The molecule has 0 saturated carbocycles. The molecule has 0 radical (unpaired) electrons. The minimum Gasteiger partial charge on any atom is -0.493 e. The van der Waals surface area contributed by atoms with Crippen LogP contribution in [0.3, 0.4) is 0 Å². The third-order valence-electron chi connectivity index (χ3n) is 7.13. The largest absolute Gasteiger partial charge is 0.493 e. The average Bonchev–Trinajstić information content (AvgIpc) is 3.21. The number of hydrogen-bond donors (Lipinski definition) is 2. The van der Waals surface area contributed by atoms with Gasteiger partial charge >= 0.3 is 0 Å². The van der Waals surface area contributed by atoms with Crippen molar-refractivity contribution in [1.82, 2.24) is 19.8 Å². The average molecular weight is 544 g/mol. The van der Waals surface area contributed by atoms with E-state index < -0.39 is 11.6 Å². The highest BCUT2D eigenvalue weighted by Gasteiger charge is 2.40. The maximum absolute atomic E-state index is 13.8. The molecular weight excluding hydrogens is 510 g/mol. The predicted molar refractivity (Wildman–Crippen MR) is 146 cm³/mol. The van der Waals surface area contributed by atoms with Crippen LogP contribution in [0.4, 0.5) is 5.69 Å². The number of H-pyrrole nitrogens is 1. The fraction of sp³-hybridized carbons (Fsp3) is 0.519. The van der Waals surface area contributed by atoms with Crippen molar-refractivity contribution in [3.8, 4) is 5.75 Å². The van der Waals surface area contributed by atoms with E-state index in [1.54, 1.807) is 12.4 Å². The van der Waals surface area contributed by atoms with Gasteiger partial charge in [-0.05, 0) is 39.8 Å². The number of morpholine rings is 2. The Bertz CT molecular complexity index is 1360. The number of anilines is 1. The summed E-state index contributed by atoms with van der Waals surface area (Å²) in [5.74, 6) is 0.00649. The summed E-state index contributed by atoms with van der Waals surface area (Å²) in [7, 11) is 1.51. The van der Waals surface area contributed by atoms with Gasteiger partial charge in [-0.15, -0.1) is 0 Å². The highest BCUT2D eigenvalue weighted by molar-refractivity contribution is 6.35. The molecule has 38 heavy (non-hydrogen) atoms. The first-order chi connectivity index (χ1) is 18.1. The second-order valence-corrected chi connectivity index (χ2v) is 11.2. The number of nitrogens with zero attached hydrogens (tertiary/aromatic N) is 3. The number of rotatable bonds is 5. The molecule has 3 atom stereocenters. The molecule has 3 aromatic rings. The minimum absolute atomic E-state index is 0.0339. The highest BCUT2D eigenvalue weighted by atomic mass is 35.5. The van der Waals surface area contributed by atoms with E-state index in [4.69, 9.17) is 25.8 Å². The van der Waals surface area contributed by atoms with Crippen LogP contribution in [-0.4, -0.2) is 95.3 Å². The van der Waals surface area contributed by atoms with Crippen molar-refractivity contribution in [2.45, 2.75) is 51.5 Å². The fourth-order valence-corrected chi connectivity index (χ4v) is 5.76. The van der Waals surface area contributed by atoms with Gasteiger partial charge in [0.25, 0.3) is 0 Å². The summed E-state index contributed by atoms with van der Waals surface area (Å²) in [6.07, 6.45) is 3.36. The van der Waals surface area contributed by atoms with Gasteiger partial charge in [-0.3, -0.25) is 19.5 Å². The molecule has 5 rings (SSSR count). The van der Waals surface area contributed by atoms with E-state index in [-0.39, 0.29) is 37.2 Å². The van der Waals surface area contributed by atoms with Gasteiger partial charge in [-0.25, -0.2) is 0 Å². The number of amides is 2. The van der Waals surface area contributed by atoms with Gasteiger partial charge in [0.15, 0.2) is 5.75 Å². The zero-order chi connectivity index (χ0) is 27.2. The number of carbonyl (C=O) groups excluding carboxylic acids is 2. The molecule has 2 saturated heterocycles. The standard InChI is InChI=1S/C27H34ClN5O5/c1-15-10-32(11-16(2)38-15)22(34)12-33-14-27(3,4)37-13-21(33)26(35)31-24-23-18(8-19(28)25(24)36-5)17-6-7-29-9-20(17)30-23/h6-9,15-16,21,30H,10-14H2,1-5H3,(H,31,35)/t15-,16+,21-/m1/s1. The molecule has 2 aliphatic heterocycles. The summed E-state index contributed by atoms with van der Waals surface area (Å²) < 4.78 is 17.4. The first kappa shape index (κ1) is 26.7. The quantitative estimate of drug-likeness (QED) is 0.507. The Morgan fingerprint density at radius 1 is 1.26 bits per heavy atom. The van der Waals surface area contributed by atoms with Crippen LogP contribution in [0, 0.1) is 0 Å². The maximum Gasteiger partial charge on any atom is 0.244 e. The van der Waals surface area contributed by atoms with Crippen molar-refractivity contribution in [2.75, 3.05) is 45.2 Å². The van der Waals surface area contributed by atoms with E-state index >= 15 is 0 Å². The van der Waals surface area contributed by atoms with Crippen LogP contribution in [0.25, 0.3) is 21.8 Å². The molecule has 2 amide bonds. The van der Waals surface area contributed by atoms with Crippen LogP contribution in [0.15, 0.2) is 24.5 Å². The Balaban J connectivity index is 1.44. The van der Waals surface area contributed by atoms with Gasteiger partial charge < -0.3 is 29.4 Å². The van der Waals surface area contributed by atoms with E-state index in [1.165, 1.54) is 7.11 Å². The molecule has 0 spiro atoms. The molecule has 1 aromatic carbocycles. The lowest BCUT2D eigenvalue weighted by atomic mass is 10.0. The summed E-state index contributed by atoms with van der Waals surface area (Å²) in [6.45, 7) is 9.56. The molecule has 0 aliphatic carbocycles. The van der Waals surface area contributed by atoms with Crippen molar-refractivity contribution >= 4 is 50.9 Å². The molecule has 0 bridgehead atoms. The molecule has 2 aliphatic rings. The first-order valence-corrected chi connectivity index (χ1v) is 13.2. The van der Waals surface area contributed by atoms with Crippen LogP contribution in [0.1, 0.15) is 27.7 Å². The zero-order valence-corrected chi connectivity index (χ0v) is 23.1. The first-order valence-electron chi connectivity index (χ1n) is 12.8. The van der Waals surface area contributed by atoms with Gasteiger partial charge in [0.1, 0.15) is 11.7 Å². The molecule has 0 unspecified atom stereocenters. The molecule has 2 aromatic heterocycles. The van der Waals surface area contributed by atoms with Crippen molar-refractivity contribution < 1.29 is 23.8 Å². The third kappa shape index (κ3) is 5.18. The van der Waals surface area contributed by atoms with E-state index in [1.807, 2.05) is 49.6 Å². The fourth-order valence-electron chi connectivity index (χ4n) is 5.48. The van der Waals surface area contributed by atoms with Gasteiger partial charge in [-0.1, -0.05) is 11.6 Å². The monoisotopic (exact) mass is 543 g/mol. The van der Waals surface area contributed by atoms with Crippen LogP contribution >= 0.6 is 11.6 Å². The van der Waals surface area contributed by atoms with Crippen molar-refractivity contribution in [1.29, 1.82) is 0 Å². The number of nitrogens with one attached hydrogen (secondary N) is 2. The highest BCUT2D eigenvalue weighted by Crippen LogP contribution is 2.42. The van der Waals surface area contributed by atoms with E-state index in [0.717, 1.165) is 16.3 Å². The number of aromatic amines is 1. The molecule has 11 heteroatoms. The maximum atomic E-state index is 13.8. The summed E-state index contributed by atoms with van der Waals surface area (Å²) >= 11 is 6.58. The van der Waals surface area contributed by atoms with E-state index in [0.29, 0.717) is 41.6 Å². The number of hydrogen-bond acceptors (Lipinski definition) is 7. The van der Waals surface area contributed by atoms with Crippen molar-refractivity contribution in [3.63, 3.8) is 0 Å². The van der Waals surface area contributed by atoms with E-state index in [2.05, 4.69) is 15.3 Å². The van der Waals surface area contributed by atoms with Gasteiger partial charge in [0, 0.05) is 36.6 Å². The normalized spacial score (nSPS) is 24.1. The molecule has 2 N–H and O–H groups in total. The Kier molecular flexibility index (Phi) is 7.25. The Hall–Kier alpha value is -2.92. The predicted octanol–water partition coefficient (Wildman–Crippen LogP) is 3.43. The van der Waals surface area contributed by atoms with Gasteiger partial charge in [0.2, 0.25) is 11.8 Å². The second kappa shape index (κ2) is 10.3. The summed E-state index contributed by atoms with van der Waals surface area (Å²) in [5.41, 5.74) is 1.42. The number of pyridine rings is 1. The summed E-state index contributed by atoms with van der Waals surface area (Å²) in [4.78, 5) is 38.3. The number of carbonyl (C=O) groups is 2. The topological polar surface area (TPSA) is 109 Å². The van der Waals surface area contributed by atoms with Crippen LogP contribution < -0.4 is 10.1 Å². The second-order valence-electron chi connectivity index (χ2n) is 10.8. The zero-order valence-electron chi connectivity index (χ0n) is 22.3. The number of fused-ring (bicyclic) bond motifs is 3. The van der Waals surface area contributed by atoms with Crippen molar-refractivity contribution in [3.05, 3.63) is 29.5 Å². The number of methoxy groups -OCH3 is 1. The molecule has 2 fully saturated rings. The third-order valence-corrected chi connectivity index (χ3v) is 7.41. The lowest BCUT2D eigenvalue weighted by Crippen LogP contribution is -2.61. The van der Waals surface area contributed by atoms with Crippen LogP contribution in [0.2, 0.25) is 5.02 Å². The molecule has 4 heterocycles. The summed E-state index contributed by atoms with van der Waals surface area (Å²) in [6, 6.07) is 3.01. The summed E-state index contributed by atoms with van der Waals surface area (Å²) in [5, 5.41) is 5.18. The van der Waals surface area contributed by atoms with Gasteiger partial charge in [0.05, 0.1) is 60.3 Å². The molecule has 10 nitrogen and oxygen atoms in total. The Labute approximate surface area is 226 Å². The van der Waals surface area contributed by atoms with Crippen LogP contribution in [-0.2, 0) is 19.1 Å². The number of aromatic nitrogens is 2. The van der Waals surface area contributed by atoms with Crippen LogP contribution in [0.5, 0.6) is 5.75 Å². The van der Waals surface area contributed by atoms with Crippen molar-refractivity contribution in [2.24, 2.45) is 0 Å².